The lowest BCUT2D eigenvalue weighted by atomic mass is 10.0. The average Bonchev–Trinajstić information content (AvgIpc) is 3.12. The van der Waals surface area contributed by atoms with Crippen LogP contribution in [0.25, 0.3) is 16.9 Å². The Morgan fingerprint density at radius 2 is 2.11 bits per heavy atom. The normalized spacial score (nSPS) is 20.9. The molecular weight excluding hydrogens is 349 g/mol. The van der Waals surface area contributed by atoms with E-state index in [0.29, 0.717) is 29.9 Å². The van der Waals surface area contributed by atoms with Crippen molar-refractivity contribution in [2.24, 2.45) is 0 Å². The molecule has 2 aromatic heterocycles. The molecule has 0 radical (unpaired) electrons. The van der Waals surface area contributed by atoms with Gasteiger partial charge in [0.2, 0.25) is 5.95 Å². The molecule has 0 saturated heterocycles. The van der Waals surface area contributed by atoms with Gasteiger partial charge in [-0.05, 0) is 43.2 Å². The molecule has 7 nitrogen and oxygen atoms in total. The molecule has 1 saturated carbocycles. The maximum atomic E-state index is 14.0. The molecule has 1 fully saturated rings. The summed E-state index contributed by atoms with van der Waals surface area (Å²) in [5.74, 6) is -0.661. The topological polar surface area (TPSA) is 84.1 Å². The van der Waals surface area contributed by atoms with Crippen molar-refractivity contribution in [3.05, 3.63) is 59.3 Å². The summed E-state index contributed by atoms with van der Waals surface area (Å²) in [7, 11) is 0. The van der Waals surface area contributed by atoms with E-state index in [9.17, 15) is 14.3 Å². The van der Waals surface area contributed by atoms with Crippen molar-refractivity contribution in [2.75, 3.05) is 0 Å². The molecule has 1 amide bonds. The highest BCUT2D eigenvalue weighted by atomic mass is 19.1. The number of fused-ring (bicyclic) bond motifs is 1. The molecule has 136 valence electrons. The molecular formula is C19H16FN5O2. The zero-order valence-corrected chi connectivity index (χ0v) is 14.5. The molecule has 1 aliphatic heterocycles. The van der Waals surface area contributed by atoms with E-state index < -0.39 is 12.1 Å². The summed E-state index contributed by atoms with van der Waals surface area (Å²) in [6.45, 7) is 2.29. The molecule has 5 rings (SSSR count). The number of halogens is 1. The molecule has 0 spiro atoms. The second kappa shape index (κ2) is 5.68. The maximum Gasteiger partial charge on any atom is 0.254 e. The number of nitrogens with zero attached hydrogens (tertiary/aromatic N) is 5. The third kappa shape index (κ3) is 2.44. The summed E-state index contributed by atoms with van der Waals surface area (Å²) >= 11 is 0. The Hall–Kier alpha value is -3.13. The fourth-order valence-electron chi connectivity index (χ4n) is 3.62. The largest absolute Gasteiger partial charge is 0.391 e. The molecule has 2 atom stereocenters. The van der Waals surface area contributed by atoms with E-state index in [2.05, 4.69) is 15.3 Å². The van der Waals surface area contributed by atoms with Crippen molar-refractivity contribution >= 4 is 5.91 Å². The van der Waals surface area contributed by atoms with E-state index in [-0.39, 0.29) is 17.6 Å². The number of hydrogen-bond donors (Lipinski definition) is 1. The molecule has 2 aliphatic rings. The molecule has 0 bridgehead atoms. The van der Waals surface area contributed by atoms with Gasteiger partial charge in [-0.15, -0.1) is 5.10 Å². The monoisotopic (exact) mass is 365 g/mol. The number of aromatic nitrogens is 4. The van der Waals surface area contributed by atoms with Crippen molar-refractivity contribution in [3.8, 4) is 16.9 Å². The van der Waals surface area contributed by atoms with Gasteiger partial charge in [0, 0.05) is 23.9 Å². The molecule has 3 heterocycles. The van der Waals surface area contributed by atoms with Gasteiger partial charge in [0.25, 0.3) is 5.91 Å². The average molecular weight is 365 g/mol. The van der Waals surface area contributed by atoms with Crippen molar-refractivity contribution in [1.29, 1.82) is 0 Å². The Labute approximate surface area is 154 Å². The summed E-state index contributed by atoms with van der Waals surface area (Å²) < 4.78 is 15.4. The first-order chi connectivity index (χ1) is 13.0. The molecule has 3 aromatic rings. The molecule has 1 aliphatic carbocycles. The summed E-state index contributed by atoms with van der Waals surface area (Å²) in [4.78, 5) is 17.9. The third-order valence-electron chi connectivity index (χ3n) is 5.20. The predicted octanol–water partition coefficient (Wildman–Crippen LogP) is 1.87. The van der Waals surface area contributed by atoms with Gasteiger partial charge in [0.15, 0.2) is 0 Å². The van der Waals surface area contributed by atoms with Crippen LogP contribution in [-0.2, 0) is 6.54 Å². The Morgan fingerprint density at radius 1 is 1.30 bits per heavy atom. The number of amides is 1. The number of hydrogen-bond acceptors (Lipinski definition) is 5. The number of benzene rings is 1. The second-order valence-electron chi connectivity index (χ2n) is 6.92. The quantitative estimate of drug-likeness (QED) is 0.717. The van der Waals surface area contributed by atoms with Crippen LogP contribution in [0.5, 0.6) is 0 Å². The zero-order valence-electron chi connectivity index (χ0n) is 14.5. The SMILES string of the molecule is Cc1c(-c2ccc3c(c2)CN([C@@H]2C[C@H]2O)C3=O)nnn1-c1cccnc1F. The summed E-state index contributed by atoms with van der Waals surface area (Å²) in [5.41, 5.74) is 3.91. The lowest BCUT2D eigenvalue weighted by Crippen LogP contribution is -2.28. The van der Waals surface area contributed by atoms with Gasteiger partial charge in [-0.3, -0.25) is 4.79 Å². The summed E-state index contributed by atoms with van der Waals surface area (Å²) in [6, 6.07) is 8.68. The van der Waals surface area contributed by atoms with Gasteiger partial charge in [0.1, 0.15) is 11.4 Å². The number of pyridine rings is 1. The Morgan fingerprint density at radius 3 is 2.85 bits per heavy atom. The smallest absolute Gasteiger partial charge is 0.254 e. The fraction of sp³-hybridized carbons (Fsp3) is 0.263. The highest BCUT2D eigenvalue weighted by Gasteiger charge is 2.45. The molecule has 0 unspecified atom stereocenters. The minimum atomic E-state index is -0.616. The highest BCUT2D eigenvalue weighted by molar-refractivity contribution is 5.99. The van der Waals surface area contributed by atoms with Crippen LogP contribution in [0.15, 0.2) is 36.5 Å². The van der Waals surface area contributed by atoms with E-state index >= 15 is 0 Å². The third-order valence-corrected chi connectivity index (χ3v) is 5.20. The van der Waals surface area contributed by atoms with Crippen LogP contribution in [-0.4, -0.2) is 48.0 Å². The van der Waals surface area contributed by atoms with Gasteiger partial charge in [0.05, 0.1) is 17.8 Å². The van der Waals surface area contributed by atoms with E-state index in [0.717, 1.165) is 11.1 Å². The zero-order chi connectivity index (χ0) is 18.7. The highest BCUT2D eigenvalue weighted by Crippen LogP contribution is 2.36. The van der Waals surface area contributed by atoms with Gasteiger partial charge >= 0.3 is 0 Å². The summed E-state index contributed by atoms with van der Waals surface area (Å²) in [6.07, 6.45) is 1.60. The van der Waals surface area contributed by atoms with Crippen molar-refractivity contribution in [1.82, 2.24) is 24.9 Å². The Balaban J connectivity index is 1.51. The number of aliphatic hydroxyl groups excluding tert-OH is 1. The van der Waals surface area contributed by atoms with E-state index in [4.69, 9.17) is 0 Å². The van der Waals surface area contributed by atoms with E-state index in [1.165, 1.54) is 10.9 Å². The van der Waals surface area contributed by atoms with E-state index in [1.54, 1.807) is 23.1 Å². The Kier molecular flexibility index (Phi) is 3.38. The standard InChI is InChI=1S/C19H16FN5O2/c1-10-17(22-23-25(10)14-3-2-6-21-18(14)20)11-4-5-13-12(7-11)9-24(19(13)27)15-8-16(15)26/h2-7,15-16,26H,8-9H2,1H3/t15-,16-/m1/s1. The lowest BCUT2D eigenvalue weighted by molar-refractivity contribution is 0.0734. The fourth-order valence-corrected chi connectivity index (χ4v) is 3.62. The number of carbonyl (C=O) groups excluding carboxylic acids is 1. The predicted molar refractivity (Wildman–Crippen MR) is 93.6 cm³/mol. The first-order valence-electron chi connectivity index (χ1n) is 8.70. The minimum Gasteiger partial charge on any atom is -0.391 e. The van der Waals surface area contributed by atoms with Crippen LogP contribution in [0.3, 0.4) is 0 Å². The number of aliphatic hydroxyl groups is 1. The van der Waals surface area contributed by atoms with Gasteiger partial charge in [-0.2, -0.15) is 4.39 Å². The molecule has 27 heavy (non-hydrogen) atoms. The van der Waals surface area contributed by atoms with Crippen LogP contribution in [0.2, 0.25) is 0 Å². The minimum absolute atomic E-state index is 0.0455. The van der Waals surface area contributed by atoms with Gasteiger partial charge in [-0.1, -0.05) is 11.3 Å². The van der Waals surface area contributed by atoms with Crippen LogP contribution in [0.4, 0.5) is 4.39 Å². The lowest BCUT2D eigenvalue weighted by Gasteiger charge is -2.13. The first kappa shape index (κ1) is 16.1. The van der Waals surface area contributed by atoms with Crippen LogP contribution in [0.1, 0.15) is 28.0 Å². The Bertz CT molecular complexity index is 1080. The molecule has 1 N–H and O–H groups in total. The van der Waals surface area contributed by atoms with Crippen molar-refractivity contribution in [2.45, 2.75) is 32.0 Å². The second-order valence-corrected chi connectivity index (χ2v) is 6.92. The van der Waals surface area contributed by atoms with Crippen LogP contribution >= 0.6 is 0 Å². The molecule has 8 heteroatoms. The first-order valence-corrected chi connectivity index (χ1v) is 8.70. The number of carbonyl (C=O) groups is 1. The van der Waals surface area contributed by atoms with Crippen molar-refractivity contribution in [3.63, 3.8) is 0 Å². The van der Waals surface area contributed by atoms with Crippen molar-refractivity contribution < 1.29 is 14.3 Å². The summed E-state index contributed by atoms with van der Waals surface area (Å²) in [5, 5.41) is 17.9. The molecule has 1 aromatic carbocycles. The maximum absolute atomic E-state index is 14.0. The number of rotatable bonds is 3. The van der Waals surface area contributed by atoms with Gasteiger partial charge in [-0.25, -0.2) is 9.67 Å². The van der Waals surface area contributed by atoms with Crippen LogP contribution < -0.4 is 0 Å². The van der Waals surface area contributed by atoms with Gasteiger partial charge < -0.3 is 10.0 Å². The van der Waals surface area contributed by atoms with Crippen LogP contribution in [0, 0.1) is 12.9 Å². The van der Waals surface area contributed by atoms with E-state index in [1.807, 2.05) is 19.1 Å².